The van der Waals surface area contributed by atoms with E-state index >= 15 is 0 Å². The van der Waals surface area contributed by atoms with Gasteiger partial charge in [-0.2, -0.15) is 0 Å². The van der Waals surface area contributed by atoms with Crippen LogP contribution in [0.2, 0.25) is 0 Å². The van der Waals surface area contributed by atoms with Gasteiger partial charge in [0, 0.05) is 130 Å². The largest absolute Gasteiger partial charge is 0.512 e. The van der Waals surface area contributed by atoms with Crippen LogP contribution in [0.5, 0.6) is 0 Å². The molecule has 3 radical (unpaired) electrons. The van der Waals surface area contributed by atoms with Crippen molar-refractivity contribution >= 4 is 50.3 Å². The van der Waals surface area contributed by atoms with E-state index in [9.17, 15) is 14.4 Å². The predicted molar refractivity (Wildman–Crippen MR) is 461 cm³/mol. The van der Waals surface area contributed by atoms with Crippen LogP contribution in [0.25, 0.3) is 134 Å². The monoisotopic (exact) mass is 2070 g/mol. The van der Waals surface area contributed by atoms with Crippen molar-refractivity contribution in [2.75, 3.05) is 0 Å². The van der Waals surface area contributed by atoms with Gasteiger partial charge in [-0.3, -0.25) is 14.4 Å². The SMILES string of the molecule is CC(=O)C=C(C)O.CC(=O)C=C(C)O.CC(=O)C=C(C)O.Cc1cc(C(C)(C)C)cc(C)c1-c1cc2cnc(-c3[c-]ccc(-c4ccccc4)c3)cc2o1.Cc1cc(C)c(-c2cc3cnc(-c4[c-]ccc(-c5ccccc5)c4)cc3o2)c(C)c1.Cc1cc(C)cc(-c2cc3cnc(-c4[c-]ccc(-c5ccccc5)c4)cc3o2)c1.[Ir].[Ir].[Ir]. The molecule has 15 heteroatoms. The third-order valence-electron chi connectivity index (χ3n) is 18.1. The minimum atomic E-state index is -0.125. The summed E-state index contributed by atoms with van der Waals surface area (Å²) in [6, 6.07) is 87.2. The van der Waals surface area contributed by atoms with Crippen LogP contribution < -0.4 is 0 Å². The van der Waals surface area contributed by atoms with E-state index in [0.29, 0.717) is 0 Å². The number of carbonyl (C=O) groups is 3. The minimum Gasteiger partial charge on any atom is -0.512 e. The van der Waals surface area contributed by atoms with Crippen LogP contribution in [0.4, 0.5) is 0 Å². The summed E-state index contributed by atoms with van der Waals surface area (Å²) in [7, 11) is 0. The van der Waals surface area contributed by atoms with Gasteiger partial charge in [0.2, 0.25) is 0 Å². The molecular weight excluding hydrogens is 1980 g/mol. The van der Waals surface area contributed by atoms with Gasteiger partial charge in [-0.15, -0.1) is 106 Å². The number of fused-ring (bicyclic) bond motifs is 3. The van der Waals surface area contributed by atoms with Crippen molar-refractivity contribution in [1.29, 1.82) is 0 Å². The molecule has 15 rings (SSSR count). The van der Waals surface area contributed by atoms with E-state index in [0.717, 1.165) is 112 Å². The number of hydrogen-bond acceptors (Lipinski definition) is 12. The topological polar surface area (TPSA) is 190 Å². The maximum Gasteiger partial charge on any atom is 0.155 e. The zero-order chi connectivity index (χ0) is 81.2. The smallest absolute Gasteiger partial charge is 0.155 e. The van der Waals surface area contributed by atoms with Gasteiger partial charge in [-0.05, 0) is 206 Å². The molecule has 0 aliphatic heterocycles. The van der Waals surface area contributed by atoms with Crippen LogP contribution in [0.3, 0.4) is 0 Å². The van der Waals surface area contributed by atoms with Crippen molar-refractivity contribution in [1.82, 2.24) is 15.0 Å². The van der Waals surface area contributed by atoms with Crippen molar-refractivity contribution in [3.05, 3.63) is 341 Å². The summed E-state index contributed by atoms with van der Waals surface area (Å²) in [5.74, 6) is 2.46. The van der Waals surface area contributed by atoms with E-state index in [1.165, 1.54) is 127 Å². The summed E-state index contributed by atoms with van der Waals surface area (Å²) in [5.41, 5.74) is 28.5. The molecule has 0 aliphatic rings. The van der Waals surface area contributed by atoms with Crippen molar-refractivity contribution in [2.24, 2.45) is 0 Å². The number of benzene rings is 9. The molecule has 0 saturated carbocycles. The normalized spacial score (nSPS) is 11.1. The molecule has 12 nitrogen and oxygen atoms in total. The number of ketones is 3. The molecule has 0 saturated heterocycles. The van der Waals surface area contributed by atoms with Crippen LogP contribution in [0.1, 0.15) is 107 Å². The molecule has 3 N–H and O–H groups in total. The minimum absolute atomic E-state index is 0. The molecule has 0 unspecified atom stereocenters. The quantitative estimate of drug-likeness (QED) is 0.0597. The molecule has 116 heavy (non-hydrogen) atoms. The first-order valence-electron chi connectivity index (χ1n) is 37.3. The van der Waals surface area contributed by atoms with Crippen LogP contribution in [0.15, 0.2) is 292 Å². The molecule has 0 atom stereocenters. The fourth-order valence-corrected chi connectivity index (χ4v) is 13.3. The summed E-state index contributed by atoms with van der Waals surface area (Å²) in [4.78, 5) is 44.1. The first kappa shape index (κ1) is 91.8. The van der Waals surface area contributed by atoms with Crippen molar-refractivity contribution in [2.45, 2.75) is 116 Å². The number of aryl methyl sites for hydroxylation is 7. The fourth-order valence-electron chi connectivity index (χ4n) is 13.3. The fraction of sp³-hybridized carbons (Fsp3) is 0.168. The van der Waals surface area contributed by atoms with Gasteiger partial charge < -0.3 is 43.5 Å². The Bertz CT molecular complexity index is 5860. The van der Waals surface area contributed by atoms with Gasteiger partial charge in [0.15, 0.2) is 17.3 Å². The summed E-state index contributed by atoms with van der Waals surface area (Å²) >= 11 is 0. The van der Waals surface area contributed by atoms with Gasteiger partial charge in [0.05, 0.1) is 17.3 Å². The number of nitrogens with zero attached hydrogens (tertiary/aromatic N) is 3. The van der Waals surface area contributed by atoms with Gasteiger partial charge in [0.1, 0.15) is 34.0 Å². The molecule has 0 amide bonds. The number of aliphatic hydroxyl groups excluding tert-OH is 3. The molecule has 9 aromatic carbocycles. The Kier molecular flexibility index (Phi) is 33.5. The molecule has 0 bridgehead atoms. The number of hydrogen-bond donors (Lipinski definition) is 3. The first-order valence-corrected chi connectivity index (χ1v) is 37.3. The number of aromatic nitrogens is 3. The van der Waals surface area contributed by atoms with E-state index in [4.69, 9.17) is 33.6 Å². The third kappa shape index (κ3) is 25.6. The Hall–Kier alpha value is -11.4. The Morgan fingerprint density at radius 1 is 0.336 bits per heavy atom. The molecule has 6 heterocycles. The Labute approximate surface area is 721 Å². The maximum atomic E-state index is 10.0. The van der Waals surface area contributed by atoms with Crippen LogP contribution in [-0.2, 0) is 80.1 Å². The van der Waals surface area contributed by atoms with Gasteiger partial charge in [0.25, 0.3) is 0 Å². The molecular formula is C101H94Ir3N3O9-3. The Balaban J connectivity index is 0.000000211. The molecule has 0 spiro atoms. The summed E-state index contributed by atoms with van der Waals surface area (Å²) in [5, 5.41) is 28.1. The number of carbonyl (C=O) groups excluding carboxylic acids is 3. The average Bonchev–Trinajstić information content (AvgIpc) is 1.61. The summed E-state index contributed by atoms with van der Waals surface area (Å²) < 4.78 is 18.8. The molecule has 15 aromatic rings. The van der Waals surface area contributed by atoms with Crippen molar-refractivity contribution in [3.63, 3.8) is 0 Å². The molecule has 597 valence electrons. The second-order valence-electron chi connectivity index (χ2n) is 29.3. The molecule has 0 fully saturated rings. The zero-order valence-electron chi connectivity index (χ0n) is 68.0. The number of pyridine rings is 3. The third-order valence-corrected chi connectivity index (χ3v) is 18.1. The predicted octanol–water partition coefficient (Wildman–Crippen LogP) is 26.4. The van der Waals surface area contributed by atoms with E-state index in [1.807, 2.05) is 85.3 Å². The Morgan fingerprint density at radius 2 is 0.621 bits per heavy atom. The van der Waals surface area contributed by atoms with Gasteiger partial charge in [-0.25, -0.2) is 0 Å². The zero-order valence-corrected chi connectivity index (χ0v) is 75.1. The van der Waals surface area contributed by atoms with E-state index in [-0.39, 0.29) is 100 Å². The second-order valence-corrected chi connectivity index (χ2v) is 29.3. The van der Waals surface area contributed by atoms with E-state index < -0.39 is 0 Å². The van der Waals surface area contributed by atoms with Gasteiger partial charge in [-0.1, -0.05) is 159 Å². The van der Waals surface area contributed by atoms with Crippen LogP contribution >= 0.6 is 0 Å². The molecule has 6 aromatic heterocycles. The number of rotatable bonds is 12. The van der Waals surface area contributed by atoms with Crippen LogP contribution in [-0.4, -0.2) is 47.6 Å². The summed E-state index contributed by atoms with van der Waals surface area (Å²) in [6.45, 7) is 30.2. The van der Waals surface area contributed by atoms with Crippen LogP contribution in [0, 0.1) is 66.7 Å². The molecule has 0 aliphatic carbocycles. The number of aliphatic hydroxyl groups is 3. The van der Waals surface area contributed by atoms with E-state index in [1.54, 1.807) is 0 Å². The van der Waals surface area contributed by atoms with Gasteiger partial charge >= 0.3 is 0 Å². The van der Waals surface area contributed by atoms with E-state index in [2.05, 4.69) is 255 Å². The summed E-state index contributed by atoms with van der Waals surface area (Å²) in [6.07, 6.45) is 9.16. The maximum absolute atomic E-state index is 10.0. The number of allylic oxidation sites excluding steroid dienone is 6. The second kappa shape index (κ2) is 42.3. The Morgan fingerprint density at radius 3 is 0.905 bits per heavy atom. The first-order chi connectivity index (χ1) is 53.9. The van der Waals surface area contributed by atoms with Crippen molar-refractivity contribution in [3.8, 4) is 101 Å². The standard InChI is InChI=1S/C31H28NO.C28H22NO.C27H20NO.3C5H8O2.3Ir/c1-20-14-26(31(3,4)5)15-21(2)30(20)29-17-25-19-32-27(18-28(25)33-29)24-13-9-12-23(16-24)22-10-7-6-8-11-22;1-18-12-19(2)28(20(3)13-18)27-15-24-17-29-25(16-26(24)30-27)23-11-7-10-22(14-23)21-8-5-4-6-9-21;1-18-11-19(2)13-23(12-18)26-15-24-17-28-25(16-27(24)29-26)22-10-6-9-21(14-22)20-7-4-3-5-8-20;3*1-4(6)3-5(2)7;;;/h6-12,14-19H,1-5H3;4-10,12-17H,1-3H3;3-9,11-17H,1-2H3;3*3,6H,1-2H3;;;/q3*-1;;;;;;. The van der Waals surface area contributed by atoms with Crippen molar-refractivity contribution < 1.29 is 103 Å². The average molecular weight is 2070 g/mol. The number of furan rings is 3.